The molecular weight excluding hydrogens is 274 g/mol. The molecule has 110 valence electrons. The number of nitrogens with one attached hydrogen (secondary N) is 1. The van der Waals surface area contributed by atoms with E-state index in [1.165, 1.54) is 0 Å². The van der Waals surface area contributed by atoms with E-state index in [2.05, 4.69) is 10.4 Å². The van der Waals surface area contributed by atoms with Gasteiger partial charge in [-0.3, -0.25) is 4.79 Å². The molecule has 0 saturated carbocycles. The van der Waals surface area contributed by atoms with Gasteiger partial charge in [-0.05, 0) is 42.8 Å². The number of anilines is 1. The zero-order chi connectivity index (χ0) is 15.4. The molecule has 0 aliphatic heterocycles. The summed E-state index contributed by atoms with van der Waals surface area (Å²) in [6.07, 6.45) is 2.29. The molecule has 0 atom stereocenters. The first kappa shape index (κ1) is 14.1. The lowest BCUT2D eigenvalue weighted by Crippen LogP contribution is -2.14. The molecule has 3 rings (SSSR count). The summed E-state index contributed by atoms with van der Waals surface area (Å²) in [5.74, 6) is -0.0196. The van der Waals surface area contributed by atoms with Crippen LogP contribution < -0.4 is 5.32 Å². The Bertz CT molecular complexity index is 761. The van der Waals surface area contributed by atoms with Crippen molar-refractivity contribution < 1.29 is 4.79 Å². The summed E-state index contributed by atoms with van der Waals surface area (Å²) in [5, 5.41) is 7.26. The molecule has 0 spiro atoms. The maximum Gasteiger partial charge on any atom is 0.228 e. The lowest BCUT2D eigenvalue weighted by atomic mass is 10.1. The molecule has 1 aromatic heterocycles. The summed E-state index contributed by atoms with van der Waals surface area (Å²) in [6, 6.07) is 19.3. The van der Waals surface area contributed by atoms with Crippen molar-refractivity contribution in [3.8, 4) is 5.69 Å². The third-order valence-corrected chi connectivity index (χ3v) is 3.35. The molecule has 1 amide bonds. The summed E-state index contributed by atoms with van der Waals surface area (Å²) < 4.78 is 1.81. The van der Waals surface area contributed by atoms with E-state index in [-0.39, 0.29) is 5.91 Å². The zero-order valence-corrected chi connectivity index (χ0v) is 12.4. The van der Waals surface area contributed by atoms with Crippen molar-refractivity contribution in [2.45, 2.75) is 13.3 Å². The number of rotatable bonds is 4. The van der Waals surface area contributed by atoms with E-state index in [0.29, 0.717) is 6.42 Å². The lowest BCUT2D eigenvalue weighted by molar-refractivity contribution is -0.115. The molecule has 3 aromatic rings. The largest absolute Gasteiger partial charge is 0.326 e. The Morgan fingerprint density at radius 2 is 1.77 bits per heavy atom. The van der Waals surface area contributed by atoms with Gasteiger partial charge in [0.05, 0.1) is 17.8 Å². The van der Waals surface area contributed by atoms with Crippen molar-refractivity contribution in [1.82, 2.24) is 9.78 Å². The van der Waals surface area contributed by atoms with Crippen molar-refractivity contribution in [2.24, 2.45) is 0 Å². The Morgan fingerprint density at radius 1 is 1.05 bits per heavy atom. The number of aryl methyl sites for hydroxylation is 1. The van der Waals surface area contributed by atoms with Gasteiger partial charge in [-0.1, -0.05) is 30.3 Å². The van der Waals surface area contributed by atoms with E-state index in [9.17, 15) is 4.79 Å². The lowest BCUT2D eigenvalue weighted by Gasteiger charge is -2.07. The second-order valence-electron chi connectivity index (χ2n) is 5.16. The zero-order valence-electron chi connectivity index (χ0n) is 12.4. The molecular formula is C18H17N3O. The standard InChI is InChI=1S/C18H17N3O/c1-14-11-12-21(20-14)17-9-7-16(8-10-17)19-18(22)13-15-5-3-2-4-6-15/h2-12H,13H2,1H3,(H,19,22). The summed E-state index contributed by atoms with van der Waals surface area (Å²) >= 11 is 0. The predicted octanol–water partition coefficient (Wildman–Crippen LogP) is 3.36. The number of hydrogen-bond acceptors (Lipinski definition) is 2. The van der Waals surface area contributed by atoms with Crippen molar-refractivity contribution in [3.05, 3.63) is 78.1 Å². The van der Waals surface area contributed by atoms with Crippen molar-refractivity contribution >= 4 is 11.6 Å². The van der Waals surface area contributed by atoms with Crippen molar-refractivity contribution in [3.63, 3.8) is 0 Å². The first-order valence-electron chi connectivity index (χ1n) is 7.17. The number of carbonyl (C=O) groups is 1. The van der Waals surface area contributed by atoms with Crippen LogP contribution in [0.3, 0.4) is 0 Å². The Labute approximate surface area is 129 Å². The van der Waals surface area contributed by atoms with Crippen LogP contribution in [-0.4, -0.2) is 15.7 Å². The maximum absolute atomic E-state index is 12.0. The molecule has 4 heteroatoms. The van der Waals surface area contributed by atoms with Crippen LogP contribution in [0, 0.1) is 6.92 Å². The molecule has 0 fully saturated rings. The van der Waals surface area contributed by atoms with Gasteiger partial charge >= 0.3 is 0 Å². The van der Waals surface area contributed by atoms with Gasteiger partial charge in [-0.25, -0.2) is 4.68 Å². The summed E-state index contributed by atoms with van der Waals surface area (Å²) in [4.78, 5) is 12.0. The van der Waals surface area contributed by atoms with Crippen LogP contribution in [0.1, 0.15) is 11.3 Å². The quantitative estimate of drug-likeness (QED) is 0.801. The van der Waals surface area contributed by atoms with Gasteiger partial charge in [-0.2, -0.15) is 5.10 Å². The smallest absolute Gasteiger partial charge is 0.228 e. The van der Waals surface area contributed by atoms with Crippen LogP contribution in [0.5, 0.6) is 0 Å². The van der Waals surface area contributed by atoms with E-state index >= 15 is 0 Å². The van der Waals surface area contributed by atoms with Gasteiger partial charge in [0.1, 0.15) is 0 Å². The van der Waals surface area contributed by atoms with E-state index in [4.69, 9.17) is 0 Å². The molecule has 0 radical (unpaired) electrons. The number of amides is 1. The molecule has 0 unspecified atom stereocenters. The number of carbonyl (C=O) groups excluding carboxylic acids is 1. The third kappa shape index (κ3) is 3.41. The SMILES string of the molecule is Cc1ccn(-c2ccc(NC(=O)Cc3ccccc3)cc2)n1. The number of hydrogen-bond donors (Lipinski definition) is 1. The highest BCUT2D eigenvalue weighted by molar-refractivity contribution is 5.92. The number of nitrogens with zero attached hydrogens (tertiary/aromatic N) is 2. The molecule has 0 aliphatic carbocycles. The fourth-order valence-electron chi connectivity index (χ4n) is 2.24. The molecule has 2 aromatic carbocycles. The van der Waals surface area contributed by atoms with Crippen LogP contribution in [0.15, 0.2) is 66.9 Å². The summed E-state index contributed by atoms with van der Waals surface area (Å²) in [7, 11) is 0. The first-order valence-corrected chi connectivity index (χ1v) is 7.17. The highest BCUT2D eigenvalue weighted by atomic mass is 16.1. The summed E-state index contributed by atoms with van der Waals surface area (Å²) in [6.45, 7) is 1.95. The second-order valence-corrected chi connectivity index (χ2v) is 5.16. The number of benzene rings is 2. The summed E-state index contributed by atoms with van der Waals surface area (Å²) in [5.41, 5.74) is 3.73. The fourth-order valence-corrected chi connectivity index (χ4v) is 2.24. The van der Waals surface area contributed by atoms with Crippen LogP contribution in [0.25, 0.3) is 5.69 Å². The molecule has 0 saturated heterocycles. The van der Waals surface area contributed by atoms with E-state index < -0.39 is 0 Å². The second kappa shape index (κ2) is 6.26. The third-order valence-electron chi connectivity index (χ3n) is 3.35. The van der Waals surface area contributed by atoms with Gasteiger partial charge in [0.2, 0.25) is 5.91 Å². The molecule has 1 heterocycles. The molecule has 0 aliphatic rings. The predicted molar refractivity (Wildman–Crippen MR) is 87.1 cm³/mol. The van der Waals surface area contributed by atoms with Crippen molar-refractivity contribution in [1.29, 1.82) is 0 Å². The minimum Gasteiger partial charge on any atom is -0.326 e. The molecule has 0 bridgehead atoms. The van der Waals surface area contributed by atoms with E-state index in [0.717, 1.165) is 22.6 Å². The van der Waals surface area contributed by atoms with Gasteiger partial charge in [0, 0.05) is 11.9 Å². The number of aromatic nitrogens is 2. The Balaban J connectivity index is 1.65. The highest BCUT2D eigenvalue weighted by Gasteiger charge is 2.04. The Hall–Kier alpha value is -2.88. The average molecular weight is 291 g/mol. The van der Waals surface area contributed by atoms with Crippen LogP contribution in [0.4, 0.5) is 5.69 Å². The Kier molecular flexibility index (Phi) is 4.01. The minimum absolute atomic E-state index is 0.0196. The van der Waals surface area contributed by atoms with Crippen LogP contribution in [-0.2, 0) is 11.2 Å². The molecule has 22 heavy (non-hydrogen) atoms. The Morgan fingerprint density at radius 3 is 2.41 bits per heavy atom. The average Bonchev–Trinajstić information content (AvgIpc) is 2.95. The van der Waals surface area contributed by atoms with Gasteiger partial charge in [-0.15, -0.1) is 0 Å². The fraction of sp³-hybridized carbons (Fsp3) is 0.111. The van der Waals surface area contributed by atoms with Crippen LogP contribution in [0.2, 0.25) is 0 Å². The molecule has 4 nitrogen and oxygen atoms in total. The van der Waals surface area contributed by atoms with Gasteiger partial charge < -0.3 is 5.32 Å². The van der Waals surface area contributed by atoms with Gasteiger partial charge in [0.25, 0.3) is 0 Å². The van der Waals surface area contributed by atoms with Crippen LogP contribution >= 0.6 is 0 Å². The van der Waals surface area contributed by atoms with E-state index in [1.807, 2.05) is 78.5 Å². The maximum atomic E-state index is 12.0. The normalized spacial score (nSPS) is 10.4. The van der Waals surface area contributed by atoms with Crippen molar-refractivity contribution in [2.75, 3.05) is 5.32 Å². The minimum atomic E-state index is -0.0196. The van der Waals surface area contributed by atoms with Gasteiger partial charge in [0.15, 0.2) is 0 Å². The molecule has 1 N–H and O–H groups in total. The topological polar surface area (TPSA) is 46.9 Å². The monoisotopic (exact) mass is 291 g/mol. The highest BCUT2D eigenvalue weighted by Crippen LogP contribution is 2.13. The first-order chi connectivity index (χ1) is 10.7. The van der Waals surface area contributed by atoms with E-state index in [1.54, 1.807) is 0 Å².